The molecule has 7 heteroatoms. The average Bonchev–Trinajstić information content (AvgIpc) is 2.54. The summed E-state index contributed by atoms with van der Waals surface area (Å²) < 4.78 is 50.7. The number of carboxylic acids is 1. The van der Waals surface area contributed by atoms with Gasteiger partial charge < -0.3 is 9.67 Å². The second kappa shape index (κ2) is 4.01. The number of hydrogen-bond donors (Lipinski definition) is 1. The molecule has 1 aromatic carbocycles. The van der Waals surface area contributed by atoms with Crippen LogP contribution in [0.5, 0.6) is 0 Å². The number of carbonyl (C=O) groups is 1. The predicted molar refractivity (Wildman–Crippen MR) is 54.9 cm³/mol. The van der Waals surface area contributed by atoms with Gasteiger partial charge in [-0.05, 0) is 24.3 Å². The summed E-state index contributed by atoms with van der Waals surface area (Å²) in [6.07, 6.45) is -4.55. The number of rotatable bonds is 2. The fourth-order valence-electron chi connectivity index (χ4n) is 1.77. The summed E-state index contributed by atoms with van der Waals surface area (Å²) in [5.41, 5.74) is -0.487. The number of aromatic nitrogens is 1. The van der Waals surface area contributed by atoms with E-state index in [2.05, 4.69) is 0 Å². The normalized spacial score (nSPS) is 12.0. The Morgan fingerprint density at radius 2 is 1.94 bits per heavy atom. The maximum atomic E-state index is 12.9. The summed E-state index contributed by atoms with van der Waals surface area (Å²) in [5.74, 6) is -2.13. The van der Waals surface area contributed by atoms with E-state index >= 15 is 0 Å². The highest BCUT2D eigenvalue weighted by Gasteiger charge is 2.31. The number of fused-ring (bicyclic) bond motifs is 1. The molecule has 0 radical (unpaired) electrons. The third-order valence-corrected chi connectivity index (χ3v) is 2.42. The fourth-order valence-corrected chi connectivity index (χ4v) is 1.77. The first-order chi connectivity index (χ1) is 8.28. The third-order valence-electron chi connectivity index (χ3n) is 2.42. The van der Waals surface area contributed by atoms with E-state index in [0.717, 1.165) is 24.3 Å². The molecule has 0 bridgehead atoms. The van der Waals surface area contributed by atoms with Crippen LogP contribution in [0.4, 0.5) is 17.6 Å². The van der Waals surface area contributed by atoms with Crippen molar-refractivity contribution in [1.29, 1.82) is 0 Å². The lowest BCUT2D eigenvalue weighted by Crippen LogP contribution is -2.20. The number of hydrogen-bond acceptors (Lipinski definition) is 1. The molecule has 0 aliphatic heterocycles. The van der Waals surface area contributed by atoms with Gasteiger partial charge in [0, 0.05) is 10.9 Å². The smallest absolute Gasteiger partial charge is 0.406 e. The van der Waals surface area contributed by atoms with Crippen molar-refractivity contribution in [2.45, 2.75) is 12.7 Å². The number of benzene rings is 1. The SMILES string of the molecule is O=C(O)c1cc2cc(F)ccc2n1CC(F)(F)F. The van der Waals surface area contributed by atoms with E-state index in [-0.39, 0.29) is 10.9 Å². The second-order valence-electron chi connectivity index (χ2n) is 3.74. The highest BCUT2D eigenvalue weighted by atomic mass is 19.4. The second-order valence-corrected chi connectivity index (χ2v) is 3.74. The Balaban J connectivity index is 2.67. The van der Waals surface area contributed by atoms with Crippen LogP contribution in [0.1, 0.15) is 10.5 Å². The van der Waals surface area contributed by atoms with Crippen molar-refractivity contribution < 1.29 is 27.5 Å². The van der Waals surface area contributed by atoms with Crippen LogP contribution in [-0.2, 0) is 6.54 Å². The molecule has 3 nitrogen and oxygen atoms in total. The lowest BCUT2D eigenvalue weighted by molar-refractivity contribution is -0.140. The molecule has 0 unspecified atom stereocenters. The van der Waals surface area contributed by atoms with Gasteiger partial charge in [0.05, 0.1) is 0 Å². The molecule has 0 aliphatic carbocycles. The van der Waals surface area contributed by atoms with E-state index in [9.17, 15) is 22.4 Å². The molecule has 0 spiro atoms. The largest absolute Gasteiger partial charge is 0.477 e. The first-order valence-corrected chi connectivity index (χ1v) is 4.87. The standard InChI is InChI=1S/C11H7F4NO2/c12-7-1-2-8-6(3-7)4-9(10(17)18)16(8)5-11(13,14)15/h1-4H,5H2,(H,17,18). The number of alkyl halides is 3. The monoisotopic (exact) mass is 261 g/mol. The van der Waals surface area contributed by atoms with Crippen molar-refractivity contribution in [1.82, 2.24) is 4.57 Å². The van der Waals surface area contributed by atoms with Crippen LogP contribution in [0.2, 0.25) is 0 Å². The average molecular weight is 261 g/mol. The van der Waals surface area contributed by atoms with Crippen LogP contribution >= 0.6 is 0 Å². The topological polar surface area (TPSA) is 42.2 Å². The first-order valence-electron chi connectivity index (χ1n) is 4.87. The molecule has 0 amide bonds. The van der Waals surface area contributed by atoms with Crippen LogP contribution in [0.15, 0.2) is 24.3 Å². The quantitative estimate of drug-likeness (QED) is 0.844. The van der Waals surface area contributed by atoms with E-state index in [1.165, 1.54) is 0 Å². The minimum Gasteiger partial charge on any atom is -0.477 e. The molecule has 2 aromatic rings. The van der Waals surface area contributed by atoms with Gasteiger partial charge in [-0.15, -0.1) is 0 Å². The van der Waals surface area contributed by atoms with E-state index < -0.39 is 30.2 Å². The molecule has 1 N–H and O–H groups in total. The van der Waals surface area contributed by atoms with Crippen LogP contribution in [0, 0.1) is 5.82 Å². The van der Waals surface area contributed by atoms with Gasteiger partial charge >= 0.3 is 12.1 Å². The molecular weight excluding hydrogens is 254 g/mol. The van der Waals surface area contributed by atoms with Gasteiger partial charge in [0.15, 0.2) is 0 Å². The van der Waals surface area contributed by atoms with Gasteiger partial charge in [-0.1, -0.05) is 0 Å². The summed E-state index contributed by atoms with van der Waals surface area (Å²) >= 11 is 0. The Bertz CT molecular complexity index is 615. The van der Waals surface area contributed by atoms with Crippen LogP contribution in [0.25, 0.3) is 10.9 Å². The van der Waals surface area contributed by atoms with Gasteiger partial charge in [0.25, 0.3) is 0 Å². The van der Waals surface area contributed by atoms with Gasteiger partial charge in [-0.3, -0.25) is 0 Å². The molecule has 96 valence electrons. The lowest BCUT2D eigenvalue weighted by Gasteiger charge is -2.11. The molecule has 1 heterocycles. The molecule has 0 saturated heterocycles. The summed E-state index contributed by atoms with van der Waals surface area (Å²) in [6.45, 7) is -1.43. The zero-order chi connectivity index (χ0) is 13.5. The van der Waals surface area contributed by atoms with Crippen molar-refractivity contribution in [3.05, 3.63) is 35.8 Å². The number of halogens is 4. The van der Waals surface area contributed by atoms with Gasteiger partial charge in [0.2, 0.25) is 0 Å². The summed E-state index contributed by atoms with van der Waals surface area (Å²) in [4.78, 5) is 10.9. The van der Waals surface area contributed by atoms with E-state index in [1.54, 1.807) is 0 Å². The maximum Gasteiger partial charge on any atom is 0.406 e. The van der Waals surface area contributed by atoms with Gasteiger partial charge in [0.1, 0.15) is 18.1 Å². The Kier molecular flexibility index (Phi) is 2.76. The van der Waals surface area contributed by atoms with E-state index in [4.69, 9.17) is 5.11 Å². The fraction of sp³-hybridized carbons (Fsp3) is 0.182. The van der Waals surface area contributed by atoms with Crippen molar-refractivity contribution in [2.24, 2.45) is 0 Å². The predicted octanol–water partition coefficient (Wildman–Crippen LogP) is 3.04. The number of aromatic carboxylic acids is 1. The Hall–Kier alpha value is -2.05. The van der Waals surface area contributed by atoms with Gasteiger partial charge in [-0.25, -0.2) is 9.18 Å². The van der Waals surface area contributed by atoms with Crippen molar-refractivity contribution in [3.63, 3.8) is 0 Å². The van der Waals surface area contributed by atoms with Crippen LogP contribution < -0.4 is 0 Å². The molecule has 2 rings (SSSR count). The van der Waals surface area contributed by atoms with Crippen LogP contribution in [-0.4, -0.2) is 21.8 Å². The highest BCUT2D eigenvalue weighted by molar-refractivity contribution is 5.94. The molecule has 0 atom stereocenters. The van der Waals surface area contributed by atoms with Crippen molar-refractivity contribution in [2.75, 3.05) is 0 Å². The molecule has 0 aliphatic rings. The molecule has 0 fully saturated rings. The molecular formula is C11H7F4NO2. The zero-order valence-electron chi connectivity index (χ0n) is 8.83. The number of carboxylic acid groups (broad SMARTS) is 1. The number of nitrogens with zero attached hydrogens (tertiary/aromatic N) is 1. The first kappa shape index (κ1) is 12.4. The molecule has 1 aromatic heterocycles. The maximum absolute atomic E-state index is 12.9. The highest BCUT2D eigenvalue weighted by Crippen LogP contribution is 2.26. The van der Waals surface area contributed by atoms with Crippen molar-refractivity contribution >= 4 is 16.9 Å². The Labute approximate surface area is 98.2 Å². The molecule has 18 heavy (non-hydrogen) atoms. The van der Waals surface area contributed by atoms with Crippen LogP contribution in [0.3, 0.4) is 0 Å². The minimum atomic E-state index is -4.55. The Morgan fingerprint density at radius 3 is 2.50 bits per heavy atom. The van der Waals surface area contributed by atoms with E-state index in [1.807, 2.05) is 0 Å². The Morgan fingerprint density at radius 1 is 1.28 bits per heavy atom. The minimum absolute atomic E-state index is 0.0334. The third kappa shape index (κ3) is 2.29. The van der Waals surface area contributed by atoms with E-state index in [0.29, 0.717) is 4.57 Å². The summed E-state index contributed by atoms with van der Waals surface area (Å²) in [5, 5.41) is 8.97. The summed E-state index contributed by atoms with van der Waals surface area (Å²) in [6, 6.07) is 4.13. The molecule has 0 saturated carbocycles. The van der Waals surface area contributed by atoms with Crippen molar-refractivity contribution in [3.8, 4) is 0 Å². The lowest BCUT2D eigenvalue weighted by atomic mass is 10.2. The van der Waals surface area contributed by atoms with Gasteiger partial charge in [-0.2, -0.15) is 13.2 Å². The summed E-state index contributed by atoms with van der Waals surface area (Å²) in [7, 11) is 0. The zero-order valence-corrected chi connectivity index (χ0v) is 8.83.